The zero-order valence-corrected chi connectivity index (χ0v) is 13.8. The number of hydrogen-bond acceptors (Lipinski definition) is 4. The van der Waals surface area contributed by atoms with Gasteiger partial charge in [0.1, 0.15) is 0 Å². The fraction of sp³-hybridized carbons (Fsp3) is 0.647. The van der Waals surface area contributed by atoms with Gasteiger partial charge in [-0.15, -0.1) is 13.2 Å². The van der Waals surface area contributed by atoms with E-state index in [0.29, 0.717) is 24.7 Å². The molecule has 2 saturated heterocycles. The molecule has 1 aromatic carbocycles. The molecule has 2 aliphatic rings. The van der Waals surface area contributed by atoms with Gasteiger partial charge in [-0.25, -0.2) is 4.39 Å². The van der Waals surface area contributed by atoms with Crippen LogP contribution in [0.2, 0.25) is 0 Å². The topological polar surface area (TPSA) is 33.7 Å². The Labute approximate surface area is 144 Å². The molecule has 140 valence electrons. The fourth-order valence-electron chi connectivity index (χ4n) is 3.68. The first kappa shape index (κ1) is 18.4. The summed E-state index contributed by atoms with van der Waals surface area (Å²) in [5.74, 6) is -1.48. The van der Waals surface area contributed by atoms with Crippen LogP contribution in [0.4, 0.5) is 17.6 Å². The molecule has 0 amide bonds. The summed E-state index contributed by atoms with van der Waals surface area (Å²) in [7, 11) is 0. The highest BCUT2D eigenvalue weighted by molar-refractivity contribution is 5.32. The minimum atomic E-state index is -4.90. The van der Waals surface area contributed by atoms with Gasteiger partial charge in [0.05, 0.1) is 0 Å². The van der Waals surface area contributed by atoms with Gasteiger partial charge in [0.15, 0.2) is 11.6 Å². The average molecular weight is 362 g/mol. The predicted molar refractivity (Wildman–Crippen MR) is 83.8 cm³/mol. The monoisotopic (exact) mass is 362 g/mol. The summed E-state index contributed by atoms with van der Waals surface area (Å²) in [5.41, 5.74) is 0.695. The van der Waals surface area contributed by atoms with Gasteiger partial charge in [0.2, 0.25) is 0 Å². The van der Waals surface area contributed by atoms with Crippen LogP contribution in [0.15, 0.2) is 18.2 Å². The first-order chi connectivity index (χ1) is 11.9. The Kier molecular flexibility index (Phi) is 5.81. The van der Waals surface area contributed by atoms with E-state index in [1.165, 1.54) is 6.07 Å². The first-order valence-corrected chi connectivity index (χ1v) is 8.52. The van der Waals surface area contributed by atoms with Crippen molar-refractivity contribution in [3.8, 4) is 5.75 Å². The number of nitrogens with one attached hydrogen (secondary N) is 1. The van der Waals surface area contributed by atoms with Crippen molar-refractivity contribution in [1.82, 2.24) is 10.2 Å². The third-order valence-corrected chi connectivity index (χ3v) is 4.78. The van der Waals surface area contributed by atoms with E-state index >= 15 is 0 Å². The summed E-state index contributed by atoms with van der Waals surface area (Å²) < 4.78 is 60.4. The van der Waals surface area contributed by atoms with E-state index in [1.54, 1.807) is 6.07 Å². The van der Waals surface area contributed by atoms with E-state index in [1.807, 2.05) is 0 Å². The van der Waals surface area contributed by atoms with Gasteiger partial charge in [-0.1, -0.05) is 6.07 Å². The molecule has 0 bridgehead atoms. The van der Waals surface area contributed by atoms with Crippen LogP contribution < -0.4 is 10.1 Å². The van der Waals surface area contributed by atoms with Crippen molar-refractivity contribution in [2.75, 3.05) is 39.4 Å². The maximum Gasteiger partial charge on any atom is 0.573 e. The van der Waals surface area contributed by atoms with Crippen LogP contribution in [-0.4, -0.2) is 50.7 Å². The molecule has 2 fully saturated rings. The van der Waals surface area contributed by atoms with Crippen molar-refractivity contribution in [2.24, 2.45) is 5.92 Å². The molecule has 3 rings (SSSR count). The molecule has 0 aliphatic carbocycles. The highest BCUT2D eigenvalue weighted by Gasteiger charge is 2.34. The van der Waals surface area contributed by atoms with Gasteiger partial charge in [-0.3, -0.25) is 4.90 Å². The molecule has 1 N–H and O–H groups in total. The van der Waals surface area contributed by atoms with Crippen LogP contribution in [0.5, 0.6) is 5.75 Å². The molecule has 2 heterocycles. The molecule has 0 saturated carbocycles. The maximum atomic E-state index is 14.2. The number of nitrogens with zero attached hydrogens (tertiary/aromatic N) is 1. The second-order valence-electron chi connectivity index (χ2n) is 6.42. The van der Waals surface area contributed by atoms with Gasteiger partial charge >= 0.3 is 6.36 Å². The van der Waals surface area contributed by atoms with E-state index < -0.39 is 17.9 Å². The lowest BCUT2D eigenvalue weighted by Crippen LogP contribution is -2.47. The summed E-state index contributed by atoms with van der Waals surface area (Å²) in [6.07, 6.45) is -3.19. The van der Waals surface area contributed by atoms with Crippen LogP contribution in [0.1, 0.15) is 24.4 Å². The van der Waals surface area contributed by atoms with Gasteiger partial charge in [-0.2, -0.15) is 0 Å². The van der Waals surface area contributed by atoms with Crippen LogP contribution >= 0.6 is 0 Å². The number of halogens is 4. The minimum absolute atomic E-state index is 0.0274. The molecule has 25 heavy (non-hydrogen) atoms. The average Bonchev–Trinajstić information content (AvgIpc) is 2.58. The zero-order chi connectivity index (χ0) is 17.9. The highest BCUT2D eigenvalue weighted by atomic mass is 19.4. The predicted octanol–water partition coefficient (Wildman–Crippen LogP) is 3.10. The Balaban J connectivity index is 1.85. The van der Waals surface area contributed by atoms with Gasteiger partial charge in [-0.05, 0) is 36.5 Å². The Morgan fingerprint density at radius 1 is 1.16 bits per heavy atom. The highest BCUT2D eigenvalue weighted by Crippen LogP contribution is 2.37. The van der Waals surface area contributed by atoms with Crippen LogP contribution in [0, 0.1) is 11.7 Å². The zero-order valence-electron chi connectivity index (χ0n) is 13.8. The Bertz CT molecular complexity index is 552. The number of alkyl halides is 3. The Hall–Kier alpha value is -1.38. The first-order valence-electron chi connectivity index (χ1n) is 8.52. The molecule has 2 aliphatic heterocycles. The number of benzene rings is 1. The Morgan fingerprint density at radius 2 is 1.84 bits per heavy atom. The SMILES string of the molecule is Fc1cc([C@H](C2CCOCC2)N2CCNCC2)ccc1OC(F)(F)F. The quantitative estimate of drug-likeness (QED) is 0.835. The maximum absolute atomic E-state index is 14.2. The van der Waals surface area contributed by atoms with Crippen molar-refractivity contribution in [1.29, 1.82) is 0 Å². The largest absolute Gasteiger partial charge is 0.573 e. The smallest absolute Gasteiger partial charge is 0.403 e. The molecule has 0 radical (unpaired) electrons. The third kappa shape index (κ3) is 4.83. The van der Waals surface area contributed by atoms with E-state index in [4.69, 9.17) is 4.74 Å². The van der Waals surface area contributed by atoms with Crippen LogP contribution in [0.3, 0.4) is 0 Å². The van der Waals surface area contributed by atoms with Crippen LogP contribution in [-0.2, 0) is 4.74 Å². The number of ether oxygens (including phenoxy) is 2. The van der Waals surface area contributed by atoms with E-state index in [-0.39, 0.29) is 6.04 Å². The summed E-state index contributed by atoms with van der Waals surface area (Å²) >= 11 is 0. The van der Waals surface area contributed by atoms with E-state index in [2.05, 4.69) is 15.0 Å². The van der Waals surface area contributed by atoms with Crippen molar-refractivity contribution in [3.05, 3.63) is 29.6 Å². The van der Waals surface area contributed by atoms with E-state index in [0.717, 1.165) is 45.1 Å². The lowest BCUT2D eigenvalue weighted by atomic mass is 9.85. The molecular formula is C17H22F4N2O2. The van der Waals surface area contributed by atoms with Crippen molar-refractivity contribution >= 4 is 0 Å². The lowest BCUT2D eigenvalue weighted by Gasteiger charge is -2.41. The summed E-state index contributed by atoms with van der Waals surface area (Å²) in [5, 5.41) is 3.28. The second-order valence-corrected chi connectivity index (χ2v) is 6.42. The molecule has 8 heteroatoms. The molecule has 1 atom stereocenters. The van der Waals surface area contributed by atoms with Crippen molar-refractivity contribution in [2.45, 2.75) is 25.2 Å². The standard InChI is InChI=1S/C17H22F4N2O2/c18-14-11-13(1-2-15(14)25-17(19,20)21)16(12-3-9-24-10-4-12)23-7-5-22-6-8-23/h1-2,11-12,16,22H,3-10H2/t16-/m0/s1. The van der Waals surface area contributed by atoms with Gasteiger partial charge < -0.3 is 14.8 Å². The molecule has 4 nitrogen and oxygen atoms in total. The normalized spacial score (nSPS) is 21.9. The minimum Gasteiger partial charge on any atom is -0.403 e. The molecule has 0 spiro atoms. The van der Waals surface area contributed by atoms with Crippen molar-refractivity contribution < 1.29 is 27.0 Å². The lowest BCUT2D eigenvalue weighted by molar-refractivity contribution is -0.275. The summed E-state index contributed by atoms with van der Waals surface area (Å²) in [6.45, 7) is 4.65. The number of rotatable bonds is 4. The van der Waals surface area contributed by atoms with E-state index in [9.17, 15) is 17.6 Å². The van der Waals surface area contributed by atoms with Crippen LogP contribution in [0.25, 0.3) is 0 Å². The number of hydrogen-bond donors (Lipinski definition) is 1. The van der Waals surface area contributed by atoms with Crippen molar-refractivity contribution in [3.63, 3.8) is 0 Å². The second kappa shape index (κ2) is 7.88. The van der Waals surface area contributed by atoms with Gasteiger partial charge in [0, 0.05) is 45.4 Å². The fourth-order valence-corrected chi connectivity index (χ4v) is 3.68. The van der Waals surface area contributed by atoms with Gasteiger partial charge in [0.25, 0.3) is 0 Å². The molecule has 1 aromatic rings. The summed E-state index contributed by atoms with van der Waals surface area (Å²) in [6, 6.07) is 3.78. The molecular weight excluding hydrogens is 340 g/mol. The summed E-state index contributed by atoms with van der Waals surface area (Å²) in [4.78, 5) is 2.28. The number of piperazine rings is 1. The third-order valence-electron chi connectivity index (χ3n) is 4.78. The molecule has 0 aromatic heterocycles. The molecule has 0 unspecified atom stereocenters. The Morgan fingerprint density at radius 3 is 2.44 bits per heavy atom.